The maximum Gasteiger partial charge on any atom is 0.418 e. The van der Waals surface area contributed by atoms with E-state index in [0.717, 1.165) is 37.4 Å². The Kier molecular flexibility index (Phi) is 6.60. The molecule has 0 fully saturated rings. The van der Waals surface area contributed by atoms with Gasteiger partial charge in [-0.05, 0) is 49.7 Å². The molecule has 1 aromatic carbocycles. The van der Waals surface area contributed by atoms with Gasteiger partial charge in [-0.2, -0.15) is 17.6 Å². The van der Waals surface area contributed by atoms with Gasteiger partial charge in [-0.3, -0.25) is 4.79 Å². The highest BCUT2D eigenvalue weighted by molar-refractivity contribution is 7.91. The lowest BCUT2D eigenvalue weighted by Gasteiger charge is -2.17. The number of anilines is 1. The number of aromatic nitrogens is 2. The van der Waals surface area contributed by atoms with Crippen molar-refractivity contribution in [2.24, 2.45) is 0 Å². The van der Waals surface area contributed by atoms with Crippen molar-refractivity contribution in [3.05, 3.63) is 70.7 Å². The van der Waals surface area contributed by atoms with Gasteiger partial charge in [-0.1, -0.05) is 0 Å². The zero-order valence-electron chi connectivity index (χ0n) is 17.9. The van der Waals surface area contributed by atoms with Crippen LogP contribution in [0.2, 0.25) is 0 Å². The minimum atomic E-state index is -4.83. The Labute approximate surface area is 191 Å². The standard InChI is InChI=1S/C21H17F5N4O3S/c1-10-13(21(24,25)26)9-28-20(33-15-6-7-17(23)29-11(15)2)18(10)19(31)30-12-4-5-14(22)16(8-12)34(3,27)32/h4-9,27H,1-3H3,(H,30,31)/t34-/m1/s1. The summed E-state index contributed by atoms with van der Waals surface area (Å²) < 4.78 is 92.6. The summed E-state index contributed by atoms with van der Waals surface area (Å²) >= 11 is 0. The number of alkyl halides is 3. The van der Waals surface area contributed by atoms with E-state index in [9.17, 15) is 31.0 Å². The fourth-order valence-electron chi connectivity index (χ4n) is 3.01. The highest BCUT2D eigenvalue weighted by Crippen LogP contribution is 2.37. The second kappa shape index (κ2) is 8.97. The summed E-state index contributed by atoms with van der Waals surface area (Å²) in [6, 6.07) is 5.04. The van der Waals surface area contributed by atoms with Crippen molar-refractivity contribution in [1.82, 2.24) is 9.97 Å². The molecule has 0 unspecified atom stereocenters. The van der Waals surface area contributed by atoms with Gasteiger partial charge in [-0.25, -0.2) is 23.3 Å². The fourth-order valence-corrected chi connectivity index (χ4v) is 3.81. The van der Waals surface area contributed by atoms with E-state index in [2.05, 4.69) is 15.3 Å². The van der Waals surface area contributed by atoms with E-state index in [0.29, 0.717) is 6.20 Å². The number of nitrogens with zero attached hydrogens (tertiary/aromatic N) is 2. The van der Waals surface area contributed by atoms with Gasteiger partial charge < -0.3 is 10.1 Å². The average Bonchev–Trinajstić information content (AvgIpc) is 2.69. The number of benzene rings is 1. The predicted octanol–water partition coefficient (Wildman–Crippen LogP) is 5.47. The third-order valence-corrected chi connectivity index (χ3v) is 5.81. The summed E-state index contributed by atoms with van der Waals surface area (Å²) in [4.78, 5) is 19.7. The van der Waals surface area contributed by atoms with E-state index >= 15 is 0 Å². The third kappa shape index (κ3) is 5.30. The molecule has 0 aliphatic heterocycles. The van der Waals surface area contributed by atoms with Crippen LogP contribution in [0, 0.1) is 30.4 Å². The van der Waals surface area contributed by atoms with E-state index in [1.54, 1.807) is 0 Å². The average molecular weight is 500 g/mol. The lowest BCUT2D eigenvalue weighted by molar-refractivity contribution is -0.138. The lowest BCUT2D eigenvalue weighted by Crippen LogP contribution is -2.19. The summed E-state index contributed by atoms with van der Waals surface area (Å²) in [6.07, 6.45) is -3.36. The molecule has 3 aromatic rings. The quantitative estimate of drug-likeness (QED) is 0.357. The molecular weight excluding hydrogens is 483 g/mol. The number of carbonyl (C=O) groups is 1. The van der Waals surface area contributed by atoms with Crippen LogP contribution in [0.5, 0.6) is 11.6 Å². The number of carbonyl (C=O) groups excluding carboxylic acids is 1. The predicted molar refractivity (Wildman–Crippen MR) is 112 cm³/mol. The number of amides is 1. The minimum absolute atomic E-state index is 0.0499. The van der Waals surface area contributed by atoms with Crippen LogP contribution in [0.4, 0.5) is 27.6 Å². The summed E-state index contributed by atoms with van der Waals surface area (Å²) in [7, 11) is -3.50. The first-order valence-corrected chi connectivity index (χ1v) is 11.4. The molecule has 2 aromatic heterocycles. The van der Waals surface area contributed by atoms with Gasteiger partial charge in [0.25, 0.3) is 5.91 Å². The molecule has 0 saturated carbocycles. The minimum Gasteiger partial charge on any atom is -0.436 e. The summed E-state index contributed by atoms with van der Waals surface area (Å²) in [6.45, 7) is 2.43. The van der Waals surface area contributed by atoms with Crippen molar-refractivity contribution < 1.29 is 35.7 Å². The van der Waals surface area contributed by atoms with Crippen LogP contribution in [0.1, 0.15) is 27.2 Å². The first-order chi connectivity index (χ1) is 15.7. The molecule has 1 atom stereocenters. The Hall–Kier alpha value is -3.61. The molecule has 0 aliphatic rings. The van der Waals surface area contributed by atoms with E-state index in [4.69, 9.17) is 9.52 Å². The Bertz CT molecular complexity index is 1390. The molecule has 180 valence electrons. The van der Waals surface area contributed by atoms with Crippen LogP contribution in [-0.4, -0.2) is 26.3 Å². The number of hydrogen-bond donors (Lipinski definition) is 2. The Morgan fingerprint density at radius 3 is 2.41 bits per heavy atom. The SMILES string of the molecule is Cc1nc(F)ccc1Oc1ncc(C(F)(F)F)c(C)c1C(=O)Nc1ccc(F)c([S@](C)(=N)=O)c1. The van der Waals surface area contributed by atoms with Crippen LogP contribution in [0.25, 0.3) is 0 Å². The molecule has 0 spiro atoms. The number of nitrogens with one attached hydrogen (secondary N) is 2. The van der Waals surface area contributed by atoms with Gasteiger partial charge in [-0.15, -0.1) is 0 Å². The van der Waals surface area contributed by atoms with Crippen molar-refractivity contribution in [2.75, 3.05) is 11.6 Å². The smallest absolute Gasteiger partial charge is 0.418 e. The van der Waals surface area contributed by atoms with Gasteiger partial charge in [0.05, 0.1) is 25.9 Å². The molecule has 3 rings (SSSR count). The van der Waals surface area contributed by atoms with Gasteiger partial charge in [0, 0.05) is 18.1 Å². The highest BCUT2D eigenvalue weighted by Gasteiger charge is 2.36. The highest BCUT2D eigenvalue weighted by atomic mass is 32.2. The Morgan fingerprint density at radius 1 is 1.15 bits per heavy atom. The molecule has 0 radical (unpaired) electrons. The van der Waals surface area contributed by atoms with Crippen LogP contribution < -0.4 is 10.1 Å². The third-order valence-electron chi connectivity index (χ3n) is 4.65. The second-order valence-electron chi connectivity index (χ2n) is 7.24. The monoisotopic (exact) mass is 500 g/mol. The van der Waals surface area contributed by atoms with Gasteiger partial charge in [0.1, 0.15) is 11.4 Å². The molecule has 34 heavy (non-hydrogen) atoms. The van der Waals surface area contributed by atoms with Crippen molar-refractivity contribution in [1.29, 1.82) is 4.78 Å². The Balaban J connectivity index is 2.10. The molecule has 0 bridgehead atoms. The maximum atomic E-state index is 13.9. The van der Waals surface area contributed by atoms with Crippen LogP contribution in [-0.2, 0) is 15.9 Å². The molecule has 2 N–H and O–H groups in total. The van der Waals surface area contributed by atoms with E-state index < -0.39 is 61.0 Å². The lowest BCUT2D eigenvalue weighted by atomic mass is 10.0. The summed E-state index contributed by atoms with van der Waals surface area (Å²) in [5, 5.41) is 2.29. The largest absolute Gasteiger partial charge is 0.436 e. The Morgan fingerprint density at radius 2 is 1.82 bits per heavy atom. The summed E-state index contributed by atoms with van der Waals surface area (Å²) in [5.41, 5.74) is -2.36. The number of rotatable bonds is 5. The molecule has 0 aliphatic carbocycles. The number of ether oxygens (including phenoxy) is 1. The fraction of sp³-hybridized carbons (Fsp3) is 0.190. The van der Waals surface area contributed by atoms with Crippen LogP contribution >= 0.6 is 0 Å². The van der Waals surface area contributed by atoms with Crippen molar-refractivity contribution in [3.8, 4) is 11.6 Å². The molecule has 13 heteroatoms. The first kappa shape index (κ1) is 25.0. The zero-order valence-corrected chi connectivity index (χ0v) is 18.7. The number of hydrogen-bond acceptors (Lipinski definition) is 6. The molecule has 7 nitrogen and oxygen atoms in total. The molecule has 1 amide bonds. The van der Waals surface area contributed by atoms with Gasteiger partial charge >= 0.3 is 6.18 Å². The zero-order chi connectivity index (χ0) is 25.4. The summed E-state index contributed by atoms with van der Waals surface area (Å²) in [5.74, 6) is -3.41. The topological polar surface area (TPSA) is 105 Å². The number of halogens is 5. The maximum absolute atomic E-state index is 13.9. The van der Waals surface area contributed by atoms with Crippen LogP contribution in [0.15, 0.2) is 41.4 Å². The van der Waals surface area contributed by atoms with Gasteiger partial charge in [0.15, 0.2) is 5.75 Å². The van der Waals surface area contributed by atoms with E-state index in [1.807, 2.05) is 0 Å². The second-order valence-corrected chi connectivity index (χ2v) is 9.36. The van der Waals surface area contributed by atoms with Crippen molar-refractivity contribution in [3.63, 3.8) is 0 Å². The molecule has 2 heterocycles. The first-order valence-electron chi connectivity index (χ1n) is 9.41. The number of pyridine rings is 2. The van der Waals surface area contributed by atoms with E-state index in [1.165, 1.54) is 13.0 Å². The van der Waals surface area contributed by atoms with Gasteiger partial charge in [0.2, 0.25) is 11.8 Å². The number of aryl methyl sites for hydroxylation is 1. The van der Waals surface area contributed by atoms with E-state index in [-0.39, 0.29) is 17.1 Å². The normalized spacial score (nSPS) is 13.3. The van der Waals surface area contributed by atoms with Crippen molar-refractivity contribution in [2.45, 2.75) is 24.9 Å². The molecular formula is C21H17F5N4O3S. The molecule has 0 saturated heterocycles. The van der Waals surface area contributed by atoms with Crippen molar-refractivity contribution >= 4 is 21.3 Å². The van der Waals surface area contributed by atoms with Crippen LogP contribution in [0.3, 0.4) is 0 Å².